The van der Waals surface area contributed by atoms with Crippen molar-refractivity contribution in [1.29, 1.82) is 0 Å². The Kier molecular flexibility index (Phi) is 37.9. The molecule has 8 aromatic rings. The number of hydrogen-bond acceptors (Lipinski definition) is 23. The van der Waals surface area contributed by atoms with Crippen LogP contribution in [0.2, 0.25) is 0 Å². The average molecular weight is 1520 g/mol. The van der Waals surface area contributed by atoms with Gasteiger partial charge >= 0.3 is 23.9 Å². The fraction of sp³-hybridized carbons (Fsp3) is 0.402. The summed E-state index contributed by atoms with van der Waals surface area (Å²) in [5.41, 5.74) is 3.38. The summed E-state index contributed by atoms with van der Waals surface area (Å²) in [7, 11) is 0. The Labute approximate surface area is 643 Å². The zero-order chi connectivity index (χ0) is 78.6. The van der Waals surface area contributed by atoms with Crippen LogP contribution >= 0.6 is 0 Å². The van der Waals surface area contributed by atoms with Gasteiger partial charge in [0.1, 0.15) is 34.5 Å². The number of para-hydroxylation sites is 10. The summed E-state index contributed by atoms with van der Waals surface area (Å²) in [5, 5.41) is 77.7. The van der Waals surface area contributed by atoms with Crippen LogP contribution in [0, 0.1) is 10.8 Å². The Hall–Kier alpha value is -10.6. The molecule has 0 saturated carbocycles. The monoisotopic (exact) mass is 1520 g/mol. The Morgan fingerprint density at radius 1 is 0.327 bits per heavy atom. The molecule has 8 aromatic carbocycles. The zero-order valence-electron chi connectivity index (χ0n) is 62.8. The van der Waals surface area contributed by atoms with Crippen molar-refractivity contribution in [2.75, 3.05) is 79.3 Å². The molecule has 2 saturated heterocycles. The summed E-state index contributed by atoms with van der Waals surface area (Å²) in [5.74, 6) is 0.858. The molecule has 110 heavy (non-hydrogen) atoms. The maximum absolute atomic E-state index is 11.7. The average Bonchev–Trinajstić information content (AvgIpc) is 0.810. The topological polar surface area (TPSA) is 332 Å². The number of benzene rings is 8. The zero-order valence-corrected chi connectivity index (χ0v) is 62.8. The quantitative estimate of drug-likeness (QED) is 0.0101. The third kappa shape index (κ3) is 30.8. The van der Waals surface area contributed by atoms with Crippen LogP contribution in [-0.4, -0.2) is 144 Å². The van der Waals surface area contributed by atoms with Crippen LogP contribution in [0.1, 0.15) is 143 Å². The van der Waals surface area contributed by atoms with Gasteiger partial charge in [0.05, 0.1) is 92.1 Å². The Bertz CT molecular complexity index is 3760. The van der Waals surface area contributed by atoms with Gasteiger partial charge in [0.25, 0.3) is 0 Å². The van der Waals surface area contributed by atoms with E-state index < -0.39 is 12.6 Å². The first-order valence-electron chi connectivity index (χ1n) is 37.5. The number of aryl methyl sites for hydroxylation is 2. The molecule has 2 aliphatic rings. The lowest BCUT2D eigenvalue weighted by Crippen LogP contribution is -2.45. The molecule has 2 fully saturated rings. The van der Waals surface area contributed by atoms with E-state index in [4.69, 9.17) is 52.1 Å². The van der Waals surface area contributed by atoms with E-state index in [1.54, 1.807) is 146 Å². The molecular formula is C87H106O23. The first-order chi connectivity index (χ1) is 53.4. The third-order valence-electron chi connectivity index (χ3n) is 18.4. The van der Waals surface area contributed by atoms with Gasteiger partial charge in [-0.15, -0.1) is 0 Å². The number of carbonyl (C=O) groups is 4. The highest BCUT2D eigenvalue weighted by molar-refractivity contribution is 5.74. The number of ether oxygens (including phenoxy) is 11. The summed E-state index contributed by atoms with van der Waals surface area (Å²) < 4.78 is 61.7. The minimum Gasteiger partial charge on any atom is -0.508 e. The predicted molar refractivity (Wildman–Crippen MR) is 411 cm³/mol. The molecule has 0 unspecified atom stereocenters. The van der Waals surface area contributed by atoms with E-state index in [1.807, 2.05) is 36.4 Å². The molecule has 10 rings (SSSR count). The highest BCUT2D eigenvalue weighted by Crippen LogP contribution is 2.40. The van der Waals surface area contributed by atoms with Gasteiger partial charge in [0.2, 0.25) is 0 Å². The molecule has 0 atom stereocenters. The second-order valence-corrected chi connectivity index (χ2v) is 26.8. The van der Waals surface area contributed by atoms with E-state index in [9.17, 15) is 60.0 Å². The predicted octanol–water partition coefficient (Wildman–Crippen LogP) is 15.5. The van der Waals surface area contributed by atoms with Gasteiger partial charge in [-0.1, -0.05) is 147 Å². The number of aromatic hydroxyl groups is 8. The van der Waals surface area contributed by atoms with Crippen molar-refractivity contribution in [3.8, 4) is 57.5 Å². The molecule has 0 bridgehead atoms. The molecule has 8 N–H and O–H groups in total. The normalized spacial score (nSPS) is 16.3. The van der Waals surface area contributed by atoms with Crippen LogP contribution in [0.15, 0.2) is 194 Å². The molecule has 23 nitrogen and oxygen atoms in total. The van der Waals surface area contributed by atoms with Gasteiger partial charge in [0, 0.05) is 52.3 Å². The number of carbonyl (C=O) groups excluding carboxylic acids is 4. The summed E-state index contributed by atoms with van der Waals surface area (Å²) in [6, 6.07) is 55.1. The van der Waals surface area contributed by atoms with Crippen molar-refractivity contribution in [2.24, 2.45) is 10.8 Å². The Morgan fingerprint density at radius 2 is 0.609 bits per heavy atom. The number of unbranched alkanes of at least 4 members (excludes halogenated alkanes) is 6. The van der Waals surface area contributed by atoms with E-state index in [2.05, 4.69) is 13.8 Å². The van der Waals surface area contributed by atoms with Gasteiger partial charge in [-0.05, 0) is 149 Å². The van der Waals surface area contributed by atoms with Crippen molar-refractivity contribution < 1.29 is 112 Å². The highest BCUT2D eigenvalue weighted by Gasteiger charge is 2.41. The van der Waals surface area contributed by atoms with Gasteiger partial charge in [-0.2, -0.15) is 0 Å². The molecule has 23 heteroatoms. The van der Waals surface area contributed by atoms with Crippen LogP contribution in [0.3, 0.4) is 0 Å². The molecule has 592 valence electrons. The van der Waals surface area contributed by atoms with E-state index >= 15 is 0 Å². The highest BCUT2D eigenvalue weighted by atomic mass is 16.7. The first kappa shape index (κ1) is 86.7. The SMILES string of the molecule is CCC1(COCC2(CC)COC(c3ccccc3O)OC2)COC(c2ccccc2O)OC1.O=C(CCc1ccccc1O)OCCCCCCOC(=O)CCc1ccccc1O.O=C(Cc1ccccc1O)OCCCCCCOC(=O)Cc1ccccc1O.Oc1ccccc1OCCCOc1ccccc1O. The molecule has 0 radical (unpaired) electrons. The number of esters is 4. The van der Waals surface area contributed by atoms with Gasteiger partial charge in [0.15, 0.2) is 35.6 Å². The lowest BCUT2D eigenvalue weighted by atomic mass is 9.85. The van der Waals surface area contributed by atoms with Crippen LogP contribution in [-0.2, 0) is 87.5 Å². The summed E-state index contributed by atoms with van der Waals surface area (Å²) in [6.45, 7) is 9.46. The summed E-state index contributed by atoms with van der Waals surface area (Å²) in [6.07, 6.45) is 9.24. The smallest absolute Gasteiger partial charge is 0.310 e. The standard InChI is InChI=1S/C26H34O7.C24H30O6.C22H26O6.C15H16O4/c1-3-25(15-30-23(31-16-25)19-9-5-7-11-21(19)27)13-29-14-26(4-2)17-32-24(33-18-26)20-10-6-8-12-22(20)28;25-21-11-5-3-9-19(21)13-15-23(27)29-17-7-1-2-8-18-30-24(28)16-14-20-10-4-6-12-22(20)26;23-19-11-5-3-9-17(19)15-21(25)27-13-7-1-2-8-14-28-22(26)16-18-10-4-6-12-20(18)24;16-12-6-1-3-8-14(12)18-10-5-11-19-15-9-4-2-7-13(15)17/h5-12,23-24,27-28H,3-4,13-18H2,1-2H3;3-6,9-12,25-26H,1-2,7-8,13-18H2;3-6,9-12,23-24H,1-2,7-8,13-16H2;1-4,6-9,16-17H,5,10-11H2. The number of hydrogen-bond donors (Lipinski definition) is 8. The minimum absolute atomic E-state index is 0.0552. The molecule has 0 spiro atoms. The molecule has 0 aromatic heterocycles. The molecule has 2 aliphatic heterocycles. The van der Waals surface area contributed by atoms with Crippen LogP contribution in [0.5, 0.6) is 57.5 Å². The van der Waals surface area contributed by atoms with Crippen LogP contribution < -0.4 is 9.47 Å². The van der Waals surface area contributed by atoms with Crippen LogP contribution in [0.25, 0.3) is 0 Å². The van der Waals surface area contributed by atoms with E-state index in [0.717, 1.165) is 75.3 Å². The first-order valence-corrected chi connectivity index (χ1v) is 37.5. The van der Waals surface area contributed by atoms with Crippen molar-refractivity contribution in [3.63, 3.8) is 0 Å². The number of phenolic OH excluding ortho intramolecular Hbond substituents is 8. The maximum Gasteiger partial charge on any atom is 0.310 e. The van der Waals surface area contributed by atoms with Crippen molar-refractivity contribution in [1.82, 2.24) is 0 Å². The molecule has 0 aliphatic carbocycles. The molecule has 2 heterocycles. The second-order valence-electron chi connectivity index (χ2n) is 26.8. The van der Waals surface area contributed by atoms with Crippen molar-refractivity contribution in [2.45, 2.75) is 136 Å². The summed E-state index contributed by atoms with van der Waals surface area (Å²) in [4.78, 5) is 47.0. The second kappa shape index (κ2) is 48.1. The number of phenols is 8. The lowest BCUT2D eigenvalue weighted by Gasteiger charge is -2.42. The fourth-order valence-electron chi connectivity index (χ4n) is 11.4. The Morgan fingerprint density at radius 3 is 0.918 bits per heavy atom. The van der Waals surface area contributed by atoms with Crippen molar-refractivity contribution in [3.05, 3.63) is 228 Å². The van der Waals surface area contributed by atoms with Gasteiger partial charge < -0.3 is 93.0 Å². The van der Waals surface area contributed by atoms with E-state index in [1.165, 1.54) is 12.1 Å². The van der Waals surface area contributed by atoms with Gasteiger partial charge in [-0.25, -0.2) is 0 Å². The lowest BCUT2D eigenvalue weighted by molar-refractivity contribution is -0.260. The van der Waals surface area contributed by atoms with E-state index in [-0.39, 0.29) is 106 Å². The largest absolute Gasteiger partial charge is 0.508 e. The third-order valence-corrected chi connectivity index (χ3v) is 18.4. The Balaban J connectivity index is 0.000000207. The summed E-state index contributed by atoms with van der Waals surface area (Å²) >= 11 is 0. The van der Waals surface area contributed by atoms with Gasteiger partial charge in [-0.3, -0.25) is 19.2 Å². The molecular weight excluding hydrogens is 1410 g/mol. The van der Waals surface area contributed by atoms with Crippen molar-refractivity contribution >= 4 is 23.9 Å². The maximum atomic E-state index is 11.7. The molecule has 0 amide bonds. The van der Waals surface area contributed by atoms with E-state index in [0.29, 0.717) is 132 Å². The minimum atomic E-state index is -0.570. The fourth-order valence-corrected chi connectivity index (χ4v) is 11.4. The van der Waals surface area contributed by atoms with Crippen LogP contribution in [0.4, 0.5) is 0 Å². The number of rotatable bonds is 38.